The Morgan fingerprint density at radius 3 is 2.24 bits per heavy atom. The smallest absolute Gasteiger partial charge is 0.342 e. The molecule has 0 unspecified atom stereocenters. The monoisotopic (exact) mass is 554 g/mol. The number of carbonyl (C=O) groups is 1. The third kappa shape index (κ3) is 7.48. The summed E-state index contributed by atoms with van der Waals surface area (Å²) in [5.41, 5.74) is 4.06. The molecule has 2 aromatic carbocycles. The van der Waals surface area contributed by atoms with Gasteiger partial charge >= 0.3 is 5.97 Å². The molecule has 4 rings (SSSR count). The van der Waals surface area contributed by atoms with Crippen LogP contribution in [0.4, 0.5) is 5.82 Å². The predicted octanol–water partition coefficient (Wildman–Crippen LogP) is 6.30. The van der Waals surface area contributed by atoms with E-state index in [0.29, 0.717) is 28.0 Å². The molecule has 0 radical (unpaired) electrons. The number of halogens is 2. The highest BCUT2D eigenvalue weighted by molar-refractivity contribution is 6.35. The molecule has 1 aliphatic heterocycles. The Kier molecular flexibility index (Phi) is 10.0. The first kappa shape index (κ1) is 28.4. The summed E-state index contributed by atoms with van der Waals surface area (Å²) in [5, 5.41) is 1.42. The van der Waals surface area contributed by atoms with Crippen molar-refractivity contribution in [3.05, 3.63) is 93.1 Å². The molecule has 0 amide bonds. The Labute approximate surface area is 236 Å². The molecule has 0 atom stereocenters. The molecular formula is C30H36Cl2N4O2. The van der Waals surface area contributed by atoms with Gasteiger partial charge in [-0.25, -0.2) is 9.78 Å². The van der Waals surface area contributed by atoms with Crippen molar-refractivity contribution in [3.63, 3.8) is 0 Å². The minimum atomic E-state index is -0.317. The van der Waals surface area contributed by atoms with Gasteiger partial charge < -0.3 is 9.64 Å². The SMILES string of the molecule is CCN(Cc1ccc(CN2CCN(c3ncccc3C(=O)OC(C)C)CC2)cc1)Cc1c(Cl)cccc1Cl. The largest absolute Gasteiger partial charge is 0.459 e. The molecule has 3 aromatic rings. The number of benzene rings is 2. The van der Waals surface area contributed by atoms with Gasteiger partial charge in [0.2, 0.25) is 0 Å². The van der Waals surface area contributed by atoms with Gasteiger partial charge in [-0.15, -0.1) is 0 Å². The second-order valence-electron chi connectivity index (χ2n) is 9.91. The zero-order valence-electron chi connectivity index (χ0n) is 22.4. The average Bonchev–Trinajstić information content (AvgIpc) is 2.91. The summed E-state index contributed by atoms with van der Waals surface area (Å²) in [5.74, 6) is 0.392. The summed E-state index contributed by atoms with van der Waals surface area (Å²) in [7, 11) is 0. The second kappa shape index (κ2) is 13.4. The van der Waals surface area contributed by atoms with E-state index in [1.54, 1.807) is 18.3 Å². The summed E-state index contributed by atoms with van der Waals surface area (Å²) >= 11 is 12.8. The highest BCUT2D eigenvalue weighted by Gasteiger charge is 2.24. The fourth-order valence-corrected chi connectivity index (χ4v) is 5.17. The predicted molar refractivity (Wildman–Crippen MR) is 155 cm³/mol. The molecular weight excluding hydrogens is 519 g/mol. The van der Waals surface area contributed by atoms with E-state index >= 15 is 0 Å². The topological polar surface area (TPSA) is 48.9 Å². The van der Waals surface area contributed by atoms with Gasteiger partial charge in [0.1, 0.15) is 11.4 Å². The van der Waals surface area contributed by atoms with Gasteiger partial charge in [-0.3, -0.25) is 9.80 Å². The summed E-state index contributed by atoms with van der Waals surface area (Å²) in [6.07, 6.45) is 1.57. The molecule has 0 N–H and O–H groups in total. The minimum absolute atomic E-state index is 0.162. The highest BCUT2D eigenvalue weighted by Crippen LogP contribution is 2.26. The molecule has 0 spiro atoms. The van der Waals surface area contributed by atoms with Gasteiger partial charge in [-0.2, -0.15) is 0 Å². The molecule has 1 aliphatic rings. The molecule has 1 fully saturated rings. The van der Waals surface area contributed by atoms with Crippen LogP contribution in [0.15, 0.2) is 60.8 Å². The first-order valence-corrected chi connectivity index (χ1v) is 14.0. The van der Waals surface area contributed by atoms with Crippen molar-refractivity contribution < 1.29 is 9.53 Å². The summed E-state index contributed by atoms with van der Waals surface area (Å²) in [6, 6.07) is 18.1. The van der Waals surface area contributed by atoms with Gasteiger partial charge in [0.05, 0.1) is 6.10 Å². The first-order chi connectivity index (χ1) is 18.3. The van der Waals surface area contributed by atoms with Gasteiger partial charge in [0, 0.05) is 67.6 Å². The van der Waals surface area contributed by atoms with E-state index in [1.165, 1.54) is 11.1 Å². The maximum Gasteiger partial charge on any atom is 0.342 e. The number of esters is 1. The lowest BCUT2D eigenvalue weighted by Crippen LogP contribution is -2.46. The fraction of sp³-hybridized carbons (Fsp3) is 0.400. The molecule has 0 saturated carbocycles. The molecule has 6 nitrogen and oxygen atoms in total. The van der Waals surface area contributed by atoms with E-state index in [0.717, 1.165) is 51.4 Å². The molecule has 202 valence electrons. The summed E-state index contributed by atoms with van der Waals surface area (Å²) < 4.78 is 5.42. The maximum absolute atomic E-state index is 12.5. The minimum Gasteiger partial charge on any atom is -0.459 e. The molecule has 1 aromatic heterocycles. The van der Waals surface area contributed by atoms with Gasteiger partial charge in [0.25, 0.3) is 0 Å². The van der Waals surface area contributed by atoms with E-state index in [4.69, 9.17) is 27.9 Å². The highest BCUT2D eigenvalue weighted by atomic mass is 35.5. The number of nitrogens with zero attached hydrogens (tertiary/aromatic N) is 4. The van der Waals surface area contributed by atoms with Gasteiger partial charge in [-0.1, -0.05) is 60.5 Å². The number of aromatic nitrogens is 1. The molecule has 38 heavy (non-hydrogen) atoms. The van der Waals surface area contributed by atoms with Crippen LogP contribution in [-0.4, -0.2) is 59.6 Å². The number of ether oxygens (including phenoxy) is 1. The van der Waals surface area contributed by atoms with Crippen LogP contribution in [0.1, 0.15) is 47.8 Å². The Bertz CT molecular complexity index is 1190. The van der Waals surface area contributed by atoms with Crippen LogP contribution in [0.5, 0.6) is 0 Å². The van der Waals surface area contributed by atoms with Crippen LogP contribution in [0.2, 0.25) is 10.0 Å². The van der Waals surface area contributed by atoms with Crippen molar-refractivity contribution in [1.29, 1.82) is 0 Å². The Balaban J connectivity index is 1.31. The summed E-state index contributed by atoms with van der Waals surface area (Å²) in [4.78, 5) is 24.0. The lowest BCUT2D eigenvalue weighted by atomic mass is 10.1. The van der Waals surface area contributed by atoms with Crippen LogP contribution in [0, 0.1) is 0 Å². The van der Waals surface area contributed by atoms with E-state index < -0.39 is 0 Å². The Hall–Kier alpha value is -2.64. The van der Waals surface area contributed by atoms with Crippen LogP contribution >= 0.6 is 23.2 Å². The van der Waals surface area contributed by atoms with Crippen molar-refractivity contribution in [2.45, 2.75) is 46.5 Å². The van der Waals surface area contributed by atoms with E-state index in [1.807, 2.05) is 32.0 Å². The third-order valence-corrected chi connectivity index (χ3v) is 7.46. The number of piperazine rings is 1. The molecule has 2 heterocycles. The van der Waals surface area contributed by atoms with Crippen molar-refractivity contribution in [1.82, 2.24) is 14.8 Å². The normalized spacial score (nSPS) is 14.3. The number of pyridine rings is 1. The molecule has 0 aliphatic carbocycles. The van der Waals surface area contributed by atoms with Crippen LogP contribution < -0.4 is 4.90 Å². The maximum atomic E-state index is 12.5. The number of anilines is 1. The van der Waals surface area contributed by atoms with Crippen molar-refractivity contribution >= 4 is 35.0 Å². The van der Waals surface area contributed by atoms with Crippen molar-refractivity contribution in [2.75, 3.05) is 37.6 Å². The number of hydrogen-bond donors (Lipinski definition) is 0. The Morgan fingerprint density at radius 1 is 0.947 bits per heavy atom. The van der Waals surface area contributed by atoms with Crippen LogP contribution in [0.3, 0.4) is 0 Å². The number of carbonyl (C=O) groups excluding carboxylic acids is 1. The van der Waals surface area contributed by atoms with Gasteiger partial charge in [0.15, 0.2) is 0 Å². The zero-order valence-corrected chi connectivity index (χ0v) is 23.9. The lowest BCUT2D eigenvalue weighted by molar-refractivity contribution is 0.0378. The van der Waals surface area contributed by atoms with E-state index in [9.17, 15) is 4.79 Å². The average molecular weight is 556 g/mol. The third-order valence-electron chi connectivity index (χ3n) is 6.75. The quantitative estimate of drug-likeness (QED) is 0.274. The van der Waals surface area contributed by atoms with Crippen molar-refractivity contribution in [3.8, 4) is 0 Å². The van der Waals surface area contributed by atoms with Crippen molar-refractivity contribution in [2.24, 2.45) is 0 Å². The lowest BCUT2D eigenvalue weighted by Gasteiger charge is -2.36. The van der Waals surface area contributed by atoms with Crippen LogP contribution in [0.25, 0.3) is 0 Å². The standard InChI is InChI=1S/C30H36Cl2N4O2/c1-4-34(21-26-27(31)8-5-9-28(26)32)19-23-10-12-24(13-11-23)20-35-15-17-36(18-16-35)29-25(7-6-14-33-29)30(37)38-22(2)3/h5-14,22H,4,15-21H2,1-3H3. The Morgan fingerprint density at radius 2 is 1.61 bits per heavy atom. The molecule has 0 bridgehead atoms. The zero-order chi connectivity index (χ0) is 27.1. The van der Waals surface area contributed by atoms with Gasteiger partial charge in [-0.05, 0) is 55.8 Å². The van der Waals surface area contributed by atoms with E-state index in [-0.39, 0.29) is 12.1 Å². The number of hydrogen-bond acceptors (Lipinski definition) is 6. The second-order valence-corrected chi connectivity index (χ2v) is 10.7. The fourth-order valence-electron chi connectivity index (χ4n) is 4.66. The van der Waals surface area contributed by atoms with E-state index in [2.05, 4.69) is 50.9 Å². The number of rotatable bonds is 10. The first-order valence-electron chi connectivity index (χ1n) is 13.2. The molecule has 1 saturated heterocycles. The van der Waals surface area contributed by atoms with Crippen LogP contribution in [-0.2, 0) is 24.4 Å². The molecule has 8 heteroatoms. The summed E-state index contributed by atoms with van der Waals surface area (Å²) in [6.45, 7) is 12.6.